The summed E-state index contributed by atoms with van der Waals surface area (Å²) in [5.74, 6) is -1.38. The Balaban J connectivity index is 1.60. The second-order valence-corrected chi connectivity index (χ2v) is 7.94. The Morgan fingerprint density at radius 3 is 2.61 bits per heavy atom. The second-order valence-electron chi connectivity index (χ2n) is 6.15. The van der Waals surface area contributed by atoms with Crippen LogP contribution in [0, 0.1) is 0 Å². The smallest absolute Gasteiger partial charge is 0.339 e. The van der Waals surface area contributed by atoms with Crippen molar-refractivity contribution in [2.24, 2.45) is 0 Å². The summed E-state index contributed by atoms with van der Waals surface area (Å²) in [5, 5.41) is 15.0. The molecule has 2 heterocycles. The van der Waals surface area contributed by atoms with Crippen LogP contribution in [0.1, 0.15) is 15.9 Å². The average Bonchev–Trinajstić information content (AvgIpc) is 3.27. The number of amides is 1. The lowest BCUT2D eigenvalue weighted by Crippen LogP contribution is -2.16. The zero-order valence-electron chi connectivity index (χ0n) is 14.4. The Morgan fingerprint density at radius 1 is 1.11 bits per heavy atom. The lowest BCUT2D eigenvalue weighted by Gasteiger charge is -2.06. The summed E-state index contributed by atoms with van der Waals surface area (Å²) < 4.78 is 6.37. The maximum Gasteiger partial charge on any atom is 0.339 e. The molecule has 0 spiro atoms. The quantitative estimate of drug-likeness (QED) is 0.398. The predicted molar refractivity (Wildman–Crippen MR) is 113 cm³/mol. The summed E-state index contributed by atoms with van der Waals surface area (Å²) in [5.41, 5.74) is 2.65. The number of para-hydroxylation sites is 1. The first kappa shape index (κ1) is 18.5. The number of benzene rings is 2. The van der Waals surface area contributed by atoms with Gasteiger partial charge in [-0.2, -0.15) is 0 Å². The van der Waals surface area contributed by atoms with E-state index in [-0.39, 0.29) is 17.9 Å². The van der Waals surface area contributed by atoms with E-state index in [4.69, 9.17) is 4.42 Å². The van der Waals surface area contributed by atoms with Gasteiger partial charge in [0.2, 0.25) is 5.91 Å². The van der Waals surface area contributed by atoms with Gasteiger partial charge in [0, 0.05) is 20.8 Å². The van der Waals surface area contributed by atoms with Crippen molar-refractivity contribution in [3.8, 4) is 10.4 Å². The molecule has 0 atom stereocenters. The molecule has 0 aliphatic carbocycles. The molecule has 2 aromatic heterocycles. The Morgan fingerprint density at radius 2 is 1.86 bits per heavy atom. The number of fused-ring (bicyclic) bond motifs is 1. The molecule has 0 saturated heterocycles. The van der Waals surface area contributed by atoms with Crippen molar-refractivity contribution in [3.63, 3.8) is 0 Å². The van der Waals surface area contributed by atoms with Crippen LogP contribution in [0.25, 0.3) is 21.4 Å². The largest absolute Gasteiger partial charge is 0.478 e. The number of thiophene rings is 1. The summed E-state index contributed by atoms with van der Waals surface area (Å²) in [6.07, 6.45) is 1.66. The van der Waals surface area contributed by atoms with Gasteiger partial charge in [-0.3, -0.25) is 4.79 Å². The van der Waals surface area contributed by atoms with Gasteiger partial charge in [0.05, 0.1) is 23.2 Å². The van der Waals surface area contributed by atoms with Crippen molar-refractivity contribution in [3.05, 3.63) is 75.8 Å². The van der Waals surface area contributed by atoms with Crippen LogP contribution in [0.5, 0.6) is 0 Å². The number of furan rings is 1. The monoisotopic (exact) mass is 455 g/mol. The van der Waals surface area contributed by atoms with Crippen LogP contribution in [0.3, 0.4) is 0 Å². The molecule has 2 aromatic carbocycles. The predicted octanol–water partition coefficient (Wildman–Crippen LogP) is 5.80. The summed E-state index contributed by atoms with van der Waals surface area (Å²) in [7, 11) is 0. The number of nitrogens with one attached hydrogen (secondary N) is 1. The van der Waals surface area contributed by atoms with E-state index in [1.165, 1.54) is 11.3 Å². The highest BCUT2D eigenvalue weighted by Crippen LogP contribution is 2.36. The molecule has 7 heteroatoms. The van der Waals surface area contributed by atoms with Crippen LogP contribution in [0.4, 0.5) is 5.69 Å². The molecular formula is C21H14BrNO4S. The Bertz CT molecular complexity index is 1180. The van der Waals surface area contributed by atoms with E-state index in [1.54, 1.807) is 11.6 Å². The van der Waals surface area contributed by atoms with Gasteiger partial charge < -0.3 is 14.8 Å². The minimum Gasteiger partial charge on any atom is -0.478 e. The SMILES string of the molecule is O=C(Cc1coc2ccccc12)Nc1csc(-c2ccc(Br)cc2)c1C(=O)O. The van der Waals surface area contributed by atoms with Crippen LogP contribution >= 0.6 is 27.3 Å². The molecule has 1 amide bonds. The maximum absolute atomic E-state index is 12.5. The van der Waals surface area contributed by atoms with Gasteiger partial charge in [0.1, 0.15) is 11.1 Å². The summed E-state index contributed by atoms with van der Waals surface area (Å²) in [6, 6.07) is 14.8. The molecule has 0 saturated carbocycles. The van der Waals surface area contributed by atoms with E-state index < -0.39 is 5.97 Å². The molecule has 2 N–H and O–H groups in total. The first-order valence-electron chi connectivity index (χ1n) is 8.38. The van der Waals surface area contributed by atoms with Crippen LogP contribution in [0.15, 0.2) is 69.1 Å². The normalized spacial score (nSPS) is 10.9. The molecular weight excluding hydrogens is 442 g/mol. The minimum atomic E-state index is -1.08. The van der Waals surface area contributed by atoms with Gasteiger partial charge in [-0.25, -0.2) is 4.79 Å². The molecule has 0 radical (unpaired) electrons. The maximum atomic E-state index is 12.5. The summed E-state index contributed by atoms with van der Waals surface area (Å²) in [6.45, 7) is 0. The van der Waals surface area contributed by atoms with E-state index >= 15 is 0 Å². The molecule has 0 fully saturated rings. The second kappa shape index (κ2) is 7.61. The fraction of sp³-hybridized carbons (Fsp3) is 0.0476. The first-order chi connectivity index (χ1) is 13.5. The highest BCUT2D eigenvalue weighted by molar-refractivity contribution is 9.10. The van der Waals surface area contributed by atoms with E-state index in [1.807, 2.05) is 48.5 Å². The lowest BCUT2D eigenvalue weighted by molar-refractivity contribution is -0.115. The minimum absolute atomic E-state index is 0.0951. The third-order valence-corrected chi connectivity index (χ3v) is 5.86. The van der Waals surface area contributed by atoms with Gasteiger partial charge in [-0.1, -0.05) is 46.3 Å². The van der Waals surface area contributed by atoms with E-state index in [9.17, 15) is 14.7 Å². The summed E-state index contributed by atoms with van der Waals surface area (Å²) >= 11 is 4.66. The number of carbonyl (C=O) groups is 2. The van der Waals surface area contributed by atoms with Crippen molar-refractivity contribution in [1.82, 2.24) is 0 Å². The van der Waals surface area contributed by atoms with Gasteiger partial charge in [-0.15, -0.1) is 11.3 Å². The molecule has 28 heavy (non-hydrogen) atoms. The Hall–Kier alpha value is -2.90. The van der Waals surface area contributed by atoms with Crippen molar-refractivity contribution in [2.75, 3.05) is 5.32 Å². The van der Waals surface area contributed by atoms with Crippen molar-refractivity contribution in [1.29, 1.82) is 0 Å². The van der Waals surface area contributed by atoms with E-state index in [0.29, 0.717) is 16.1 Å². The van der Waals surface area contributed by atoms with Gasteiger partial charge >= 0.3 is 5.97 Å². The number of hydrogen-bond acceptors (Lipinski definition) is 4. The highest BCUT2D eigenvalue weighted by atomic mass is 79.9. The lowest BCUT2D eigenvalue weighted by atomic mass is 10.1. The highest BCUT2D eigenvalue weighted by Gasteiger charge is 2.21. The fourth-order valence-corrected chi connectivity index (χ4v) is 4.28. The topological polar surface area (TPSA) is 79.5 Å². The van der Waals surface area contributed by atoms with Crippen molar-refractivity contribution >= 4 is 55.8 Å². The molecule has 140 valence electrons. The molecule has 5 nitrogen and oxygen atoms in total. The summed E-state index contributed by atoms with van der Waals surface area (Å²) in [4.78, 5) is 25.0. The third kappa shape index (κ3) is 3.58. The van der Waals surface area contributed by atoms with E-state index in [0.717, 1.165) is 21.0 Å². The third-order valence-electron chi connectivity index (χ3n) is 4.30. The molecule has 0 aliphatic rings. The standard InChI is InChI=1S/C21H14BrNO4S/c22-14-7-5-12(6-8-14)20-19(21(25)26)16(11-28-20)23-18(24)9-13-10-27-17-4-2-1-3-15(13)17/h1-8,10-11H,9H2,(H,23,24)(H,25,26). The average molecular weight is 456 g/mol. The zero-order chi connectivity index (χ0) is 19.7. The van der Waals surface area contributed by atoms with Crippen molar-refractivity contribution in [2.45, 2.75) is 6.42 Å². The molecule has 0 aliphatic heterocycles. The number of carboxylic acid groups (broad SMARTS) is 1. The molecule has 0 bridgehead atoms. The van der Waals surface area contributed by atoms with Crippen LogP contribution in [-0.4, -0.2) is 17.0 Å². The number of rotatable bonds is 5. The number of anilines is 1. The van der Waals surface area contributed by atoms with Crippen molar-refractivity contribution < 1.29 is 19.1 Å². The first-order valence-corrected chi connectivity index (χ1v) is 10.1. The van der Waals surface area contributed by atoms with Crippen LogP contribution in [-0.2, 0) is 11.2 Å². The number of aromatic carboxylic acids is 1. The van der Waals surface area contributed by atoms with Gasteiger partial charge in [0.15, 0.2) is 0 Å². The number of carbonyl (C=O) groups excluding carboxylic acids is 1. The Labute approximate surface area is 172 Å². The zero-order valence-corrected chi connectivity index (χ0v) is 16.8. The molecule has 4 aromatic rings. The Kier molecular flexibility index (Phi) is 5.02. The molecule has 0 unspecified atom stereocenters. The number of carboxylic acids is 1. The van der Waals surface area contributed by atoms with E-state index in [2.05, 4.69) is 21.2 Å². The van der Waals surface area contributed by atoms with Crippen LogP contribution < -0.4 is 5.32 Å². The fourth-order valence-electron chi connectivity index (χ4n) is 3.01. The number of halogens is 1. The van der Waals surface area contributed by atoms with Crippen LogP contribution in [0.2, 0.25) is 0 Å². The molecule has 4 rings (SSSR count). The number of hydrogen-bond donors (Lipinski definition) is 2. The van der Waals surface area contributed by atoms with Gasteiger partial charge in [0.25, 0.3) is 0 Å². The van der Waals surface area contributed by atoms with Gasteiger partial charge in [-0.05, 0) is 23.8 Å².